The van der Waals surface area contributed by atoms with Crippen LogP contribution in [0.25, 0.3) is 17.0 Å². The first-order valence-electron chi connectivity index (χ1n) is 8.89. The van der Waals surface area contributed by atoms with Crippen molar-refractivity contribution in [2.24, 2.45) is 0 Å². The van der Waals surface area contributed by atoms with Crippen LogP contribution in [0.5, 0.6) is 0 Å². The molecular weight excluding hydrogens is 362 g/mol. The van der Waals surface area contributed by atoms with E-state index in [0.29, 0.717) is 28.2 Å². The fourth-order valence-corrected chi connectivity index (χ4v) is 3.48. The zero-order valence-corrected chi connectivity index (χ0v) is 15.4. The topological polar surface area (TPSA) is 64.0 Å². The predicted molar refractivity (Wildman–Crippen MR) is 108 cm³/mol. The van der Waals surface area contributed by atoms with Crippen LogP contribution in [0.15, 0.2) is 53.3 Å². The van der Waals surface area contributed by atoms with E-state index in [1.807, 2.05) is 18.2 Å². The van der Waals surface area contributed by atoms with Crippen molar-refractivity contribution in [1.29, 1.82) is 0 Å². The second-order valence-electron chi connectivity index (χ2n) is 6.52. The first-order valence-corrected chi connectivity index (χ1v) is 9.27. The smallest absolute Gasteiger partial charge is 0.261 e. The zero-order valence-electron chi connectivity index (χ0n) is 14.6. The van der Waals surface area contributed by atoms with Crippen LogP contribution < -0.4 is 10.9 Å². The van der Waals surface area contributed by atoms with Gasteiger partial charge in [0, 0.05) is 29.8 Å². The molecule has 1 N–H and O–H groups in total. The molecule has 1 amide bonds. The summed E-state index contributed by atoms with van der Waals surface area (Å²) >= 11 is 6.08. The molecule has 27 heavy (non-hydrogen) atoms. The van der Waals surface area contributed by atoms with Crippen LogP contribution in [-0.4, -0.2) is 15.5 Å². The number of fused-ring (bicyclic) bond motifs is 2. The van der Waals surface area contributed by atoms with Crippen LogP contribution in [0.1, 0.15) is 24.2 Å². The number of rotatable bonds is 3. The largest absolute Gasteiger partial charge is 0.322 e. The highest BCUT2D eigenvalue weighted by atomic mass is 35.5. The number of halogens is 1. The van der Waals surface area contributed by atoms with Crippen molar-refractivity contribution in [2.75, 3.05) is 5.32 Å². The van der Waals surface area contributed by atoms with E-state index in [-0.39, 0.29) is 11.5 Å². The summed E-state index contributed by atoms with van der Waals surface area (Å²) in [6, 6.07) is 12.5. The van der Waals surface area contributed by atoms with Crippen molar-refractivity contribution < 1.29 is 4.79 Å². The number of benzene rings is 2. The molecule has 0 bridgehead atoms. The maximum Gasteiger partial charge on any atom is 0.261 e. The van der Waals surface area contributed by atoms with E-state index in [0.717, 1.165) is 30.7 Å². The van der Waals surface area contributed by atoms with Gasteiger partial charge in [0.15, 0.2) is 0 Å². The van der Waals surface area contributed by atoms with E-state index in [4.69, 9.17) is 11.6 Å². The molecule has 3 aromatic rings. The van der Waals surface area contributed by atoms with E-state index >= 15 is 0 Å². The van der Waals surface area contributed by atoms with Crippen LogP contribution in [0.2, 0.25) is 5.02 Å². The number of carbonyl (C=O) groups excluding carboxylic acids is 1. The Labute approximate surface area is 161 Å². The van der Waals surface area contributed by atoms with E-state index in [1.165, 1.54) is 6.08 Å². The molecule has 0 aliphatic carbocycles. The van der Waals surface area contributed by atoms with E-state index in [9.17, 15) is 9.59 Å². The molecule has 0 unspecified atom stereocenters. The van der Waals surface area contributed by atoms with Gasteiger partial charge in [0.25, 0.3) is 5.56 Å². The average Bonchev–Trinajstić information content (AvgIpc) is 2.68. The monoisotopic (exact) mass is 379 g/mol. The van der Waals surface area contributed by atoms with Crippen molar-refractivity contribution in [1.82, 2.24) is 9.55 Å². The maximum atomic E-state index is 12.7. The van der Waals surface area contributed by atoms with Crippen LogP contribution in [0, 0.1) is 0 Å². The number of hydrogen-bond donors (Lipinski definition) is 1. The van der Waals surface area contributed by atoms with Crippen molar-refractivity contribution >= 4 is 40.2 Å². The minimum atomic E-state index is -0.291. The van der Waals surface area contributed by atoms with Crippen molar-refractivity contribution in [3.63, 3.8) is 0 Å². The third-order valence-corrected chi connectivity index (χ3v) is 5.00. The molecule has 1 aliphatic rings. The third-order valence-electron chi connectivity index (χ3n) is 4.65. The molecule has 0 fully saturated rings. The molecule has 0 atom stereocenters. The molecule has 6 heteroatoms. The van der Waals surface area contributed by atoms with Crippen molar-refractivity contribution in [3.8, 4) is 0 Å². The molecule has 0 radical (unpaired) electrons. The quantitative estimate of drug-likeness (QED) is 0.698. The van der Waals surface area contributed by atoms with Gasteiger partial charge >= 0.3 is 0 Å². The Morgan fingerprint density at radius 2 is 2.04 bits per heavy atom. The molecule has 4 rings (SSSR count). The van der Waals surface area contributed by atoms with Gasteiger partial charge < -0.3 is 5.32 Å². The number of aromatic nitrogens is 2. The molecule has 2 aromatic carbocycles. The first-order chi connectivity index (χ1) is 13.1. The number of anilines is 1. The van der Waals surface area contributed by atoms with E-state index in [2.05, 4.69) is 10.3 Å². The normalized spacial score (nSPS) is 13.7. The van der Waals surface area contributed by atoms with Crippen molar-refractivity contribution in [3.05, 3.63) is 75.3 Å². The summed E-state index contributed by atoms with van der Waals surface area (Å²) in [6.07, 6.45) is 5.96. The van der Waals surface area contributed by atoms with Crippen LogP contribution in [0.3, 0.4) is 0 Å². The summed E-state index contributed by atoms with van der Waals surface area (Å²) in [5, 5.41) is 3.89. The first kappa shape index (κ1) is 17.5. The number of amides is 1. The summed E-state index contributed by atoms with van der Waals surface area (Å²) in [7, 11) is 0. The summed E-state index contributed by atoms with van der Waals surface area (Å²) < 4.78 is 1.74. The Hall–Kier alpha value is -2.92. The number of hydrogen-bond acceptors (Lipinski definition) is 3. The Bertz CT molecular complexity index is 1120. The molecule has 1 aliphatic heterocycles. The number of nitrogens with zero attached hydrogens (tertiary/aromatic N) is 2. The Balaban J connectivity index is 1.59. The lowest BCUT2D eigenvalue weighted by molar-refractivity contribution is -0.111. The highest BCUT2D eigenvalue weighted by molar-refractivity contribution is 6.32. The lowest BCUT2D eigenvalue weighted by atomic mass is 10.1. The van der Waals surface area contributed by atoms with Crippen LogP contribution >= 0.6 is 11.6 Å². The van der Waals surface area contributed by atoms with E-state index in [1.54, 1.807) is 34.9 Å². The van der Waals surface area contributed by atoms with Crippen LogP contribution in [-0.2, 0) is 17.8 Å². The molecule has 0 saturated carbocycles. The molecule has 0 saturated heterocycles. The average molecular weight is 380 g/mol. The van der Waals surface area contributed by atoms with Gasteiger partial charge in [-0.05, 0) is 48.7 Å². The molecular formula is C21H18ClN3O2. The SMILES string of the molecule is O=C(/C=C/c1ccccc1Cl)Nc1ccc2nc3n(c(=O)c2c1)CCCC3. The van der Waals surface area contributed by atoms with Gasteiger partial charge in [-0.15, -0.1) is 0 Å². The summed E-state index contributed by atoms with van der Waals surface area (Å²) in [5.41, 5.74) is 1.95. The highest BCUT2D eigenvalue weighted by Crippen LogP contribution is 2.19. The Morgan fingerprint density at radius 1 is 1.19 bits per heavy atom. The fraction of sp³-hybridized carbons (Fsp3) is 0.190. The molecule has 136 valence electrons. The van der Waals surface area contributed by atoms with Gasteiger partial charge in [-0.1, -0.05) is 29.8 Å². The second kappa shape index (κ2) is 7.37. The molecule has 1 aromatic heterocycles. The van der Waals surface area contributed by atoms with Gasteiger partial charge in [-0.3, -0.25) is 14.2 Å². The summed E-state index contributed by atoms with van der Waals surface area (Å²) in [4.78, 5) is 29.6. The van der Waals surface area contributed by atoms with Gasteiger partial charge in [0.05, 0.1) is 10.9 Å². The van der Waals surface area contributed by atoms with Crippen molar-refractivity contribution in [2.45, 2.75) is 25.8 Å². The van der Waals surface area contributed by atoms with Gasteiger partial charge in [0.2, 0.25) is 5.91 Å². The third kappa shape index (κ3) is 3.64. The minimum absolute atomic E-state index is 0.0441. The highest BCUT2D eigenvalue weighted by Gasteiger charge is 2.15. The predicted octanol–water partition coefficient (Wildman–Crippen LogP) is 4.04. The van der Waals surface area contributed by atoms with E-state index < -0.39 is 0 Å². The Kier molecular flexibility index (Phi) is 4.77. The van der Waals surface area contributed by atoms with Crippen LogP contribution in [0.4, 0.5) is 5.69 Å². The lowest BCUT2D eigenvalue weighted by Gasteiger charge is -2.17. The number of carbonyl (C=O) groups is 1. The number of aryl methyl sites for hydroxylation is 1. The minimum Gasteiger partial charge on any atom is -0.322 e. The lowest BCUT2D eigenvalue weighted by Crippen LogP contribution is -2.28. The molecule has 5 nitrogen and oxygen atoms in total. The zero-order chi connectivity index (χ0) is 18.8. The Morgan fingerprint density at radius 3 is 2.89 bits per heavy atom. The molecule has 2 heterocycles. The van der Waals surface area contributed by atoms with Gasteiger partial charge in [-0.2, -0.15) is 0 Å². The molecule has 0 spiro atoms. The maximum absolute atomic E-state index is 12.7. The van der Waals surface area contributed by atoms with Gasteiger partial charge in [-0.25, -0.2) is 4.98 Å². The summed E-state index contributed by atoms with van der Waals surface area (Å²) in [6.45, 7) is 0.703. The second-order valence-corrected chi connectivity index (χ2v) is 6.93. The summed E-state index contributed by atoms with van der Waals surface area (Å²) in [5.74, 6) is 0.554. The standard InChI is InChI=1S/C21H18ClN3O2/c22-17-6-2-1-5-14(17)8-11-20(26)23-15-9-10-18-16(13-15)21(27)25-12-4-3-7-19(25)24-18/h1-2,5-6,8-11,13H,3-4,7,12H2,(H,23,26)/b11-8+. The fourth-order valence-electron chi connectivity index (χ4n) is 3.28. The van der Waals surface area contributed by atoms with Gasteiger partial charge in [0.1, 0.15) is 5.82 Å². The number of nitrogens with one attached hydrogen (secondary N) is 1.